The molecule has 2 heterocycles. The van der Waals surface area contributed by atoms with Gasteiger partial charge in [-0.25, -0.2) is 15.0 Å². The van der Waals surface area contributed by atoms with E-state index in [9.17, 15) is 0 Å². The monoisotopic (exact) mass is 275 g/mol. The Balaban J connectivity index is 2.19. The standard InChI is InChI=1S/C13H21N7/c1-5-14-12-11(9(2)3)13(17-7-16-12)15-6-10-18-8-20(4)19-10/h7-9H,5-6H2,1-4H3,(H2,14,15,16,17). The molecule has 0 saturated carbocycles. The van der Waals surface area contributed by atoms with Crippen LogP contribution in [0.3, 0.4) is 0 Å². The molecule has 20 heavy (non-hydrogen) atoms. The van der Waals surface area contributed by atoms with Gasteiger partial charge in [0.25, 0.3) is 0 Å². The van der Waals surface area contributed by atoms with Crippen LogP contribution in [0.2, 0.25) is 0 Å². The lowest BCUT2D eigenvalue weighted by molar-refractivity contribution is 0.746. The zero-order valence-corrected chi connectivity index (χ0v) is 12.4. The van der Waals surface area contributed by atoms with E-state index >= 15 is 0 Å². The van der Waals surface area contributed by atoms with Crippen LogP contribution in [0.25, 0.3) is 0 Å². The molecule has 2 aromatic heterocycles. The fourth-order valence-electron chi connectivity index (χ4n) is 2.02. The van der Waals surface area contributed by atoms with Gasteiger partial charge in [0, 0.05) is 19.2 Å². The van der Waals surface area contributed by atoms with E-state index in [1.54, 1.807) is 17.3 Å². The summed E-state index contributed by atoms with van der Waals surface area (Å²) in [6.45, 7) is 7.69. The molecule has 0 spiro atoms. The smallest absolute Gasteiger partial charge is 0.169 e. The lowest BCUT2D eigenvalue weighted by atomic mass is 10.0. The van der Waals surface area contributed by atoms with E-state index in [1.165, 1.54) is 0 Å². The third-order valence-electron chi connectivity index (χ3n) is 2.87. The van der Waals surface area contributed by atoms with Gasteiger partial charge < -0.3 is 10.6 Å². The molecule has 0 radical (unpaired) electrons. The predicted octanol–water partition coefficient (Wildman–Crippen LogP) is 1.77. The van der Waals surface area contributed by atoms with Gasteiger partial charge in [0.05, 0.1) is 6.54 Å². The average molecular weight is 275 g/mol. The Kier molecular flexibility index (Phi) is 4.49. The van der Waals surface area contributed by atoms with Crippen LogP contribution < -0.4 is 10.6 Å². The minimum absolute atomic E-state index is 0.324. The molecule has 0 saturated heterocycles. The normalized spacial score (nSPS) is 10.8. The molecule has 2 N–H and O–H groups in total. The molecule has 0 aliphatic rings. The largest absolute Gasteiger partial charge is 0.370 e. The van der Waals surface area contributed by atoms with Crippen molar-refractivity contribution < 1.29 is 0 Å². The Labute approximate surface area is 118 Å². The number of rotatable bonds is 6. The van der Waals surface area contributed by atoms with Crippen molar-refractivity contribution in [1.82, 2.24) is 24.7 Å². The Morgan fingerprint density at radius 2 is 1.85 bits per heavy atom. The molecule has 108 valence electrons. The second-order valence-electron chi connectivity index (χ2n) is 4.86. The van der Waals surface area contributed by atoms with Crippen molar-refractivity contribution in [2.45, 2.75) is 33.2 Å². The zero-order chi connectivity index (χ0) is 14.5. The summed E-state index contributed by atoms with van der Waals surface area (Å²) in [4.78, 5) is 12.8. The van der Waals surface area contributed by atoms with Crippen LogP contribution in [0.1, 0.15) is 38.1 Å². The van der Waals surface area contributed by atoms with E-state index in [0.29, 0.717) is 12.5 Å². The Bertz CT molecular complexity index is 562. The molecule has 2 aromatic rings. The number of aromatic nitrogens is 5. The maximum atomic E-state index is 4.34. The lowest BCUT2D eigenvalue weighted by Gasteiger charge is -2.16. The highest BCUT2D eigenvalue weighted by Gasteiger charge is 2.14. The van der Waals surface area contributed by atoms with Gasteiger partial charge >= 0.3 is 0 Å². The van der Waals surface area contributed by atoms with Gasteiger partial charge in [0.15, 0.2) is 5.82 Å². The zero-order valence-electron chi connectivity index (χ0n) is 12.4. The number of anilines is 2. The molecule has 7 heteroatoms. The van der Waals surface area contributed by atoms with Gasteiger partial charge in [0.2, 0.25) is 0 Å². The summed E-state index contributed by atoms with van der Waals surface area (Å²) < 4.78 is 1.68. The molecular formula is C13H21N7. The van der Waals surface area contributed by atoms with Crippen LogP contribution in [0.4, 0.5) is 11.6 Å². The Morgan fingerprint density at radius 1 is 1.15 bits per heavy atom. The van der Waals surface area contributed by atoms with Crippen molar-refractivity contribution in [3.63, 3.8) is 0 Å². The number of nitrogens with one attached hydrogen (secondary N) is 2. The number of hydrogen-bond donors (Lipinski definition) is 2. The van der Waals surface area contributed by atoms with Gasteiger partial charge in [-0.3, -0.25) is 4.68 Å². The van der Waals surface area contributed by atoms with Crippen LogP contribution in [-0.4, -0.2) is 31.3 Å². The lowest BCUT2D eigenvalue weighted by Crippen LogP contribution is -2.11. The number of hydrogen-bond acceptors (Lipinski definition) is 6. The minimum atomic E-state index is 0.324. The second-order valence-corrected chi connectivity index (χ2v) is 4.86. The van der Waals surface area contributed by atoms with E-state index in [2.05, 4.69) is 51.5 Å². The first-order valence-electron chi connectivity index (χ1n) is 6.79. The van der Waals surface area contributed by atoms with Crippen LogP contribution in [0.15, 0.2) is 12.7 Å². The van der Waals surface area contributed by atoms with Crippen molar-refractivity contribution in [3.8, 4) is 0 Å². The highest BCUT2D eigenvalue weighted by atomic mass is 15.3. The van der Waals surface area contributed by atoms with E-state index in [4.69, 9.17) is 0 Å². The summed E-state index contributed by atoms with van der Waals surface area (Å²) >= 11 is 0. The molecule has 2 rings (SSSR count). The number of nitrogens with zero attached hydrogens (tertiary/aromatic N) is 5. The average Bonchev–Trinajstić information content (AvgIpc) is 2.82. The van der Waals surface area contributed by atoms with Crippen molar-refractivity contribution in [1.29, 1.82) is 0 Å². The SMILES string of the molecule is CCNc1ncnc(NCc2ncn(C)n2)c1C(C)C. The molecule has 0 aliphatic heterocycles. The van der Waals surface area contributed by atoms with E-state index in [-0.39, 0.29) is 0 Å². The quantitative estimate of drug-likeness (QED) is 0.836. The molecular weight excluding hydrogens is 254 g/mol. The van der Waals surface area contributed by atoms with Crippen molar-refractivity contribution in [3.05, 3.63) is 24.0 Å². The van der Waals surface area contributed by atoms with E-state index in [0.717, 1.165) is 29.6 Å². The first-order valence-corrected chi connectivity index (χ1v) is 6.79. The molecule has 0 unspecified atom stereocenters. The van der Waals surface area contributed by atoms with E-state index < -0.39 is 0 Å². The van der Waals surface area contributed by atoms with Gasteiger partial charge in [-0.05, 0) is 12.8 Å². The van der Waals surface area contributed by atoms with Crippen molar-refractivity contribution in [2.24, 2.45) is 7.05 Å². The summed E-state index contributed by atoms with van der Waals surface area (Å²) in [6, 6.07) is 0. The molecule has 0 amide bonds. The van der Waals surface area contributed by atoms with Crippen molar-refractivity contribution in [2.75, 3.05) is 17.2 Å². The third-order valence-corrected chi connectivity index (χ3v) is 2.87. The maximum absolute atomic E-state index is 4.34. The van der Waals surface area contributed by atoms with Gasteiger partial charge in [-0.2, -0.15) is 5.10 Å². The summed E-state index contributed by atoms with van der Waals surface area (Å²) in [5.74, 6) is 2.78. The summed E-state index contributed by atoms with van der Waals surface area (Å²) in [6.07, 6.45) is 3.25. The molecule has 7 nitrogen and oxygen atoms in total. The molecule has 0 atom stereocenters. The summed E-state index contributed by atoms with van der Waals surface area (Å²) in [5, 5.41) is 10.8. The molecule has 0 aromatic carbocycles. The first-order chi connectivity index (χ1) is 9.61. The minimum Gasteiger partial charge on any atom is -0.370 e. The van der Waals surface area contributed by atoms with Crippen LogP contribution in [0, 0.1) is 0 Å². The maximum Gasteiger partial charge on any atom is 0.169 e. The molecule has 0 aliphatic carbocycles. The predicted molar refractivity (Wildman–Crippen MR) is 78.6 cm³/mol. The van der Waals surface area contributed by atoms with Gasteiger partial charge in [-0.1, -0.05) is 13.8 Å². The van der Waals surface area contributed by atoms with Crippen LogP contribution >= 0.6 is 0 Å². The summed E-state index contributed by atoms with van der Waals surface area (Å²) in [5.41, 5.74) is 1.09. The van der Waals surface area contributed by atoms with Gasteiger partial charge in [0.1, 0.15) is 24.3 Å². The van der Waals surface area contributed by atoms with Crippen molar-refractivity contribution >= 4 is 11.6 Å². The second kappa shape index (κ2) is 6.31. The summed E-state index contributed by atoms with van der Waals surface area (Å²) in [7, 11) is 1.85. The topological polar surface area (TPSA) is 80.5 Å². The Hall–Kier alpha value is -2.18. The first kappa shape index (κ1) is 14.2. The van der Waals surface area contributed by atoms with E-state index in [1.807, 2.05) is 7.05 Å². The number of aryl methyl sites for hydroxylation is 1. The van der Waals surface area contributed by atoms with Crippen LogP contribution in [0.5, 0.6) is 0 Å². The molecule has 0 fully saturated rings. The van der Waals surface area contributed by atoms with Gasteiger partial charge in [-0.15, -0.1) is 0 Å². The van der Waals surface area contributed by atoms with Crippen LogP contribution in [-0.2, 0) is 13.6 Å². The highest BCUT2D eigenvalue weighted by Crippen LogP contribution is 2.28. The third kappa shape index (κ3) is 3.23. The molecule has 0 bridgehead atoms. The Morgan fingerprint density at radius 3 is 2.40 bits per heavy atom. The fraction of sp³-hybridized carbons (Fsp3) is 0.538. The highest BCUT2D eigenvalue weighted by molar-refractivity contribution is 5.58. The fourth-order valence-corrected chi connectivity index (χ4v) is 2.02.